The third-order valence-corrected chi connectivity index (χ3v) is 4.46. The van der Waals surface area contributed by atoms with Crippen LogP contribution in [-0.2, 0) is 4.79 Å². The van der Waals surface area contributed by atoms with E-state index in [0.29, 0.717) is 5.92 Å². The summed E-state index contributed by atoms with van der Waals surface area (Å²) in [7, 11) is 0. The lowest BCUT2D eigenvalue weighted by Gasteiger charge is -2.37. The van der Waals surface area contributed by atoms with Gasteiger partial charge in [0, 0.05) is 12.5 Å². The highest BCUT2D eigenvalue weighted by Crippen LogP contribution is 2.35. The van der Waals surface area contributed by atoms with Crippen LogP contribution in [0.4, 0.5) is 0 Å². The average Bonchev–Trinajstić information content (AvgIpc) is 2.25. The second kappa shape index (κ2) is 5.17. The lowest BCUT2D eigenvalue weighted by molar-refractivity contribution is -0.128. The molecule has 1 amide bonds. The largest absolute Gasteiger partial charge is 0.355 e. The molecule has 0 atom stereocenters. The van der Waals surface area contributed by atoms with Gasteiger partial charge >= 0.3 is 0 Å². The highest BCUT2D eigenvalue weighted by atomic mass is 16.1. The quantitative estimate of drug-likeness (QED) is 0.765. The molecule has 2 aliphatic carbocycles. The maximum Gasteiger partial charge on any atom is 0.223 e. The summed E-state index contributed by atoms with van der Waals surface area (Å²) in [5.41, 5.74) is 6.10. The molecule has 16 heavy (non-hydrogen) atoms. The zero-order valence-corrected chi connectivity index (χ0v) is 10.1. The monoisotopic (exact) mass is 224 g/mol. The van der Waals surface area contributed by atoms with E-state index < -0.39 is 0 Å². The standard InChI is InChI=1S/C13H24N2O/c14-9-13(7-2-1-3-8-13)10-15-12(16)11-5-4-6-11/h11H,1-10,14H2,(H,15,16). The molecule has 0 radical (unpaired) electrons. The van der Waals surface area contributed by atoms with Crippen LogP contribution in [0.2, 0.25) is 0 Å². The first kappa shape index (κ1) is 11.9. The number of nitrogens with two attached hydrogens (primary N) is 1. The topological polar surface area (TPSA) is 55.1 Å². The minimum atomic E-state index is 0.206. The molecule has 0 aromatic rings. The molecule has 0 bridgehead atoms. The van der Waals surface area contributed by atoms with E-state index in [2.05, 4.69) is 5.32 Å². The van der Waals surface area contributed by atoms with E-state index in [9.17, 15) is 4.79 Å². The van der Waals surface area contributed by atoms with Crippen molar-refractivity contribution in [2.45, 2.75) is 51.4 Å². The molecular formula is C13H24N2O. The minimum Gasteiger partial charge on any atom is -0.355 e. The first-order valence-corrected chi connectivity index (χ1v) is 6.74. The van der Waals surface area contributed by atoms with Crippen molar-refractivity contribution in [2.75, 3.05) is 13.1 Å². The van der Waals surface area contributed by atoms with Crippen LogP contribution in [0.25, 0.3) is 0 Å². The van der Waals surface area contributed by atoms with Gasteiger partial charge in [-0.05, 0) is 37.6 Å². The summed E-state index contributed by atoms with van der Waals surface area (Å²) >= 11 is 0. The number of hydrogen-bond donors (Lipinski definition) is 2. The van der Waals surface area contributed by atoms with Crippen molar-refractivity contribution < 1.29 is 4.79 Å². The molecule has 3 N–H and O–H groups in total. The molecule has 0 aromatic heterocycles. The molecule has 0 heterocycles. The van der Waals surface area contributed by atoms with Gasteiger partial charge in [0.25, 0.3) is 0 Å². The Labute approximate surface area is 98.2 Å². The van der Waals surface area contributed by atoms with Crippen LogP contribution in [-0.4, -0.2) is 19.0 Å². The van der Waals surface area contributed by atoms with Gasteiger partial charge in [-0.3, -0.25) is 4.79 Å². The van der Waals surface area contributed by atoms with Crippen molar-refractivity contribution in [3.8, 4) is 0 Å². The third kappa shape index (κ3) is 2.57. The van der Waals surface area contributed by atoms with E-state index in [1.54, 1.807) is 0 Å². The number of carbonyl (C=O) groups is 1. The molecular weight excluding hydrogens is 200 g/mol. The van der Waals surface area contributed by atoms with E-state index in [0.717, 1.165) is 25.9 Å². The van der Waals surface area contributed by atoms with Gasteiger partial charge in [0.2, 0.25) is 5.91 Å². The zero-order chi connectivity index (χ0) is 11.4. The molecule has 3 heteroatoms. The Bertz CT molecular complexity index is 242. The number of carbonyl (C=O) groups excluding carboxylic acids is 1. The van der Waals surface area contributed by atoms with E-state index in [1.165, 1.54) is 38.5 Å². The lowest BCUT2D eigenvalue weighted by atomic mass is 9.74. The Morgan fingerprint density at radius 3 is 2.38 bits per heavy atom. The van der Waals surface area contributed by atoms with Gasteiger partial charge in [-0.2, -0.15) is 0 Å². The van der Waals surface area contributed by atoms with Gasteiger partial charge in [0.05, 0.1) is 0 Å². The highest BCUT2D eigenvalue weighted by Gasteiger charge is 2.32. The molecule has 0 spiro atoms. The van der Waals surface area contributed by atoms with Crippen molar-refractivity contribution in [3.05, 3.63) is 0 Å². The van der Waals surface area contributed by atoms with Crippen molar-refractivity contribution >= 4 is 5.91 Å². The van der Waals surface area contributed by atoms with E-state index in [1.807, 2.05) is 0 Å². The third-order valence-electron chi connectivity index (χ3n) is 4.46. The highest BCUT2D eigenvalue weighted by molar-refractivity contribution is 5.79. The van der Waals surface area contributed by atoms with Gasteiger partial charge in [0.1, 0.15) is 0 Å². The summed E-state index contributed by atoms with van der Waals surface area (Å²) in [4.78, 5) is 11.8. The van der Waals surface area contributed by atoms with E-state index in [-0.39, 0.29) is 11.3 Å². The van der Waals surface area contributed by atoms with Crippen LogP contribution >= 0.6 is 0 Å². The Hall–Kier alpha value is -0.570. The summed E-state index contributed by atoms with van der Waals surface area (Å²) in [6.07, 6.45) is 9.65. The predicted octanol–water partition coefficient (Wildman–Crippen LogP) is 1.81. The Morgan fingerprint density at radius 1 is 1.19 bits per heavy atom. The second-order valence-electron chi connectivity index (χ2n) is 5.61. The number of hydrogen-bond acceptors (Lipinski definition) is 2. The fourth-order valence-corrected chi connectivity index (χ4v) is 2.84. The van der Waals surface area contributed by atoms with Crippen molar-refractivity contribution in [1.82, 2.24) is 5.32 Å². The zero-order valence-electron chi connectivity index (χ0n) is 10.1. The summed E-state index contributed by atoms with van der Waals surface area (Å²) in [5, 5.41) is 3.13. The maximum absolute atomic E-state index is 11.8. The van der Waals surface area contributed by atoms with E-state index in [4.69, 9.17) is 5.73 Å². The van der Waals surface area contributed by atoms with Crippen molar-refractivity contribution in [1.29, 1.82) is 0 Å². The van der Waals surface area contributed by atoms with Crippen LogP contribution in [0.3, 0.4) is 0 Å². The average molecular weight is 224 g/mol. The van der Waals surface area contributed by atoms with Gasteiger partial charge in [-0.25, -0.2) is 0 Å². The molecule has 2 saturated carbocycles. The number of rotatable bonds is 4. The fraction of sp³-hybridized carbons (Fsp3) is 0.923. The van der Waals surface area contributed by atoms with Gasteiger partial charge < -0.3 is 11.1 Å². The Balaban J connectivity index is 1.79. The summed E-state index contributed by atoms with van der Waals surface area (Å²) < 4.78 is 0. The van der Waals surface area contributed by atoms with Crippen LogP contribution in [0.5, 0.6) is 0 Å². The predicted molar refractivity (Wildman–Crippen MR) is 64.9 cm³/mol. The SMILES string of the molecule is NCC1(CNC(=O)C2CCC2)CCCCC1. The minimum absolute atomic E-state index is 0.206. The number of amides is 1. The van der Waals surface area contributed by atoms with Crippen LogP contribution in [0.15, 0.2) is 0 Å². The Kier molecular flexibility index (Phi) is 3.85. The first-order chi connectivity index (χ1) is 7.76. The maximum atomic E-state index is 11.8. The normalized spacial score (nSPS) is 24.8. The molecule has 0 aromatic carbocycles. The summed E-state index contributed by atoms with van der Waals surface area (Å²) in [6.45, 7) is 1.52. The second-order valence-corrected chi connectivity index (χ2v) is 5.61. The summed E-state index contributed by atoms with van der Waals surface area (Å²) in [5.74, 6) is 0.572. The molecule has 92 valence electrons. The Morgan fingerprint density at radius 2 is 1.88 bits per heavy atom. The first-order valence-electron chi connectivity index (χ1n) is 6.74. The number of nitrogens with one attached hydrogen (secondary N) is 1. The molecule has 2 fully saturated rings. The lowest BCUT2D eigenvalue weighted by Crippen LogP contribution is -2.46. The van der Waals surface area contributed by atoms with Crippen LogP contribution in [0, 0.1) is 11.3 Å². The molecule has 2 rings (SSSR count). The van der Waals surface area contributed by atoms with Crippen LogP contribution in [0.1, 0.15) is 51.4 Å². The molecule has 0 saturated heterocycles. The van der Waals surface area contributed by atoms with Gasteiger partial charge in [-0.1, -0.05) is 25.7 Å². The van der Waals surface area contributed by atoms with Crippen molar-refractivity contribution in [3.63, 3.8) is 0 Å². The molecule has 0 unspecified atom stereocenters. The smallest absolute Gasteiger partial charge is 0.223 e. The fourth-order valence-electron chi connectivity index (χ4n) is 2.84. The molecule has 3 nitrogen and oxygen atoms in total. The molecule has 2 aliphatic rings. The van der Waals surface area contributed by atoms with Crippen LogP contribution < -0.4 is 11.1 Å². The van der Waals surface area contributed by atoms with Gasteiger partial charge in [-0.15, -0.1) is 0 Å². The van der Waals surface area contributed by atoms with E-state index >= 15 is 0 Å². The molecule has 0 aliphatic heterocycles. The van der Waals surface area contributed by atoms with Gasteiger partial charge in [0.15, 0.2) is 0 Å². The van der Waals surface area contributed by atoms with Crippen molar-refractivity contribution in [2.24, 2.45) is 17.1 Å². The summed E-state index contributed by atoms with van der Waals surface area (Å²) in [6, 6.07) is 0.